The van der Waals surface area contributed by atoms with E-state index >= 15 is 0 Å². The van der Waals surface area contributed by atoms with E-state index in [1.807, 2.05) is 6.92 Å². The fraction of sp³-hybridized carbons (Fsp3) is 0.562. The van der Waals surface area contributed by atoms with Gasteiger partial charge in [-0.25, -0.2) is 0 Å². The highest BCUT2D eigenvalue weighted by Crippen LogP contribution is 2.25. The number of rotatable bonds is 7. The average Bonchev–Trinajstić information content (AvgIpc) is 2.45. The molecule has 0 amide bonds. The summed E-state index contributed by atoms with van der Waals surface area (Å²) < 4.78 is 4.93. The third kappa shape index (κ3) is 4.53. The van der Waals surface area contributed by atoms with Gasteiger partial charge in [0, 0.05) is 10.6 Å². The minimum atomic E-state index is -0.645. The molecule has 0 aliphatic carbocycles. The normalized spacial score (nSPS) is 13.8. The quantitative estimate of drug-likeness (QED) is 0.618. The van der Waals surface area contributed by atoms with Gasteiger partial charge in [0.15, 0.2) is 0 Å². The van der Waals surface area contributed by atoms with E-state index in [9.17, 15) is 4.79 Å². The Labute approximate surface area is 126 Å². The van der Waals surface area contributed by atoms with Gasteiger partial charge in [-0.1, -0.05) is 13.0 Å². The van der Waals surface area contributed by atoms with Crippen molar-refractivity contribution in [3.05, 3.63) is 29.3 Å². The van der Waals surface area contributed by atoms with Crippen LogP contribution < -0.4 is 5.32 Å². The maximum atomic E-state index is 12.0. The molecule has 0 spiro atoms. The predicted octanol–water partition coefficient (Wildman–Crippen LogP) is 3.33. The van der Waals surface area contributed by atoms with Gasteiger partial charge in [0.1, 0.15) is 5.54 Å². The summed E-state index contributed by atoms with van der Waals surface area (Å²) in [5, 5.41) is 3.30. The third-order valence-electron chi connectivity index (χ3n) is 3.41. The van der Waals surface area contributed by atoms with Gasteiger partial charge in [0.25, 0.3) is 0 Å². The molecule has 0 radical (unpaired) electrons. The van der Waals surface area contributed by atoms with E-state index in [1.165, 1.54) is 23.1 Å². The SMILES string of the molecule is CCCNC(C)(CSc1ccc(C)c(C)c1)C(=O)OC. The molecule has 1 rings (SSSR count). The molecule has 3 nitrogen and oxygen atoms in total. The highest BCUT2D eigenvalue weighted by molar-refractivity contribution is 7.99. The summed E-state index contributed by atoms with van der Waals surface area (Å²) in [4.78, 5) is 13.2. The Kier molecular flexibility index (Phi) is 6.56. The fourth-order valence-corrected chi connectivity index (χ4v) is 2.94. The molecule has 0 aliphatic rings. The van der Waals surface area contributed by atoms with Crippen LogP contribution in [0, 0.1) is 13.8 Å². The number of hydrogen-bond donors (Lipinski definition) is 1. The standard InChI is InChI=1S/C16H25NO2S/c1-6-9-17-16(4,15(18)19-5)11-20-14-8-7-12(2)13(3)10-14/h7-8,10,17H,6,9,11H2,1-5H3. The number of thioether (sulfide) groups is 1. The average molecular weight is 295 g/mol. The Bertz CT molecular complexity index is 462. The maximum absolute atomic E-state index is 12.0. The molecule has 1 unspecified atom stereocenters. The van der Waals surface area contributed by atoms with Crippen molar-refractivity contribution in [3.8, 4) is 0 Å². The van der Waals surface area contributed by atoms with Crippen LogP contribution in [-0.2, 0) is 9.53 Å². The van der Waals surface area contributed by atoms with Crippen LogP contribution in [0.25, 0.3) is 0 Å². The molecule has 0 fully saturated rings. The molecule has 0 aliphatic heterocycles. The van der Waals surface area contributed by atoms with E-state index in [4.69, 9.17) is 4.74 Å². The minimum absolute atomic E-state index is 0.206. The summed E-state index contributed by atoms with van der Waals surface area (Å²) in [6.45, 7) is 9.00. The van der Waals surface area contributed by atoms with Crippen molar-refractivity contribution in [2.45, 2.75) is 44.6 Å². The Morgan fingerprint density at radius 2 is 2.05 bits per heavy atom. The van der Waals surface area contributed by atoms with E-state index in [1.54, 1.807) is 11.8 Å². The van der Waals surface area contributed by atoms with Crippen LogP contribution in [0.15, 0.2) is 23.1 Å². The summed E-state index contributed by atoms with van der Waals surface area (Å²) in [5.74, 6) is 0.449. The van der Waals surface area contributed by atoms with Crippen LogP contribution in [0.3, 0.4) is 0 Å². The molecular weight excluding hydrogens is 270 g/mol. The first-order valence-corrected chi connectivity index (χ1v) is 7.95. The molecule has 0 aromatic heterocycles. The lowest BCUT2D eigenvalue weighted by atomic mass is 10.1. The van der Waals surface area contributed by atoms with Crippen molar-refractivity contribution in [1.29, 1.82) is 0 Å². The summed E-state index contributed by atoms with van der Waals surface area (Å²) >= 11 is 1.68. The highest BCUT2D eigenvalue weighted by atomic mass is 32.2. The molecule has 1 N–H and O–H groups in total. The molecule has 0 bridgehead atoms. The second-order valence-corrected chi connectivity index (χ2v) is 6.33. The van der Waals surface area contributed by atoms with Crippen molar-refractivity contribution < 1.29 is 9.53 Å². The van der Waals surface area contributed by atoms with Crippen LogP contribution in [0.1, 0.15) is 31.4 Å². The van der Waals surface area contributed by atoms with Crippen molar-refractivity contribution in [2.75, 3.05) is 19.4 Å². The Morgan fingerprint density at radius 3 is 2.60 bits per heavy atom. The zero-order valence-electron chi connectivity index (χ0n) is 13.1. The molecule has 20 heavy (non-hydrogen) atoms. The van der Waals surface area contributed by atoms with E-state index in [0.29, 0.717) is 5.75 Å². The van der Waals surface area contributed by atoms with Crippen LogP contribution >= 0.6 is 11.8 Å². The minimum Gasteiger partial charge on any atom is -0.468 e. The lowest BCUT2D eigenvalue weighted by Crippen LogP contribution is -2.52. The van der Waals surface area contributed by atoms with Crippen LogP contribution in [-0.4, -0.2) is 30.9 Å². The predicted molar refractivity (Wildman–Crippen MR) is 85.4 cm³/mol. The summed E-state index contributed by atoms with van der Waals surface area (Å²) in [7, 11) is 1.44. The first-order chi connectivity index (χ1) is 9.42. The first kappa shape index (κ1) is 17.1. The molecular formula is C16H25NO2S. The van der Waals surface area contributed by atoms with E-state index < -0.39 is 5.54 Å². The van der Waals surface area contributed by atoms with Gasteiger partial charge in [-0.15, -0.1) is 11.8 Å². The van der Waals surface area contributed by atoms with Crippen molar-refractivity contribution >= 4 is 17.7 Å². The van der Waals surface area contributed by atoms with Gasteiger partial charge in [0.2, 0.25) is 0 Å². The number of nitrogens with one attached hydrogen (secondary N) is 1. The second kappa shape index (κ2) is 7.70. The zero-order valence-corrected chi connectivity index (χ0v) is 13.9. The lowest BCUT2D eigenvalue weighted by molar-refractivity contribution is -0.146. The Balaban J connectivity index is 2.75. The zero-order chi connectivity index (χ0) is 15.2. The summed E-state index contributed by atoms with van der Waals surface area (Å²) in [6, 6.07) is 6.38. The van der Waals surface area contributed by atoms with E-state index in [2.05, 4.69) is 44.3 Å². The molecule has 112 valence electrons. The number of hydrogen-bond acceptors (Lipinski definition) is 4. The van der Waals surface area contributed by atoms with Crippen molar-refractivity contribution in [1.82, 2.24) is 5.32 Å². The molecule has 4 heteroatoms. The molecule has 1 aromatic rings. The smallest absolute Gasteiger partial charge is 0.326 e. The van der Waals surface area contributed by atoms with Gasteiger partial charge in [-0.05, 0) is 57.0 Å². The fourth-order valence-electron chi connectivity index (χ4n) is 1.84. The van der Waals surface area contributed by atoms with E-state index in [-0.39, 0.29) is 5.97 Å². The molecule has 0 saturated heterocycles. The number of methoxy groups -OCH3 is 1. The second-order valence-electron chi connectivity index (χ2n) is 5.29. The molecule has 1 atom stereocenters. The van der Waals surface area contributed by atoms with Gasteiger partial charge >= 0.3 is 5.97 Å². The van der Waals surface area contributed by atoms with Crippen molar-refractivity contribution in [2.24, 2.45) is 0 Å². The number of esters is 1. The monoisotopic (exact) mass is 295 g/mol. The van der Waals surface area contributed by atoms with Gasteiger partial charge in [0.05, 0.1) is 7.11 Å². The third-order valence-corrected chi connectivity index (χ3v) is 4.72. The molecule has 0 heterocycles. The number of benzene rings is 1. The van der Waals surface area contributed by atoms with Gasteiger partial charge in [-0.3, -0.25) is 4.79 Å². The summed E-state index contributed by atoms with van der Waals surface area (Å²) in [5.41, 5.74) is 1.92. The molecule has 1 aromatic carbocycles. The Hall–Kier alpha value is -1.00. The van der Waals surface area contributed by atoms with Crippen molar-refractivity contribution in [3.63, 3.8) is 0 Å². The Morgan fingerprint density at radius 1 is 1.35 bits per heavy atom. The largest absolute Gasteiger partial charge is 0.468 e. The number of carbonyl (C=O) groups is 1. The summed E-state index contributed by atoms with van der Waals surface area (Å²) in [6.07, 6.45) is 0.987. The number of carbonyl (C=O) groups excluding carboxylic acids is 1. The molecule has 0 saturated carbocycles. The first-order valence-electron chi connectivity index (χ1n) is 6.96. The van der Waals surface area contributed by atoms with Crippen LogP contribution in [0.4, 0.5) is 0 Å². The topological polar surface area (TPSA) is 38.3 Å². The van der Waals surface area contributed by atoms with Crippen LogP contribution in [0.5, 0.6) is 0 Å². The maximum Gasteiger partial charge on any atom is 0.326 e. The number of ether oxygens (including phenoxy) is 1. The van der Waals surface area contributed by atoms with Crippen LogP contribution in [0.2, 0.25) is 0 Å². The lowest BCUT2D eigenvalue weighted by Gasteiger charge is -2.27. The van der Waals surface area contributed by atoms with E-state index in [0.717, 1.165) is 13.0 Å². The highest BCUT2D eigenvalue weighted by Gasteiger charge is 2.33. The van der Waals surface area contributed by atoms with Gasteiger partial charge in [-0.2, -0.15) is 0 Å². The van der Waals surface area contributed by atoms with Gasteiger partial charge < -0.3 is 10.1 Å². The number of aryl methyl sites for hydroxylation is 2.